The standard InChI is InChI=1S/C14H9BrFIN2/c15-11-2-4-13(16)10(5-11)8-19-14-6-12(17)3-1-9(14)7-18-19/h1-7H,8H2. The highest BCUT2D eigenvalue weighted by molar-refractivity contribution is 14.1. The van der Waals surface area contributed by atoms with Crippen molar-refractivity contribution in [3.05, 3.63) is 62.0 Å². The van der Waals surface area contributed by atoms with Gasteiger partial charge in [0.2, 0.25) is 0 Å². The van der Waals surface area contributed by atoms with Crippen molar-refractivity contribution < 1.29 is 4.39 Å². The van der Waals surface area contributed by atoms with Gasteiger partial charge in [0.25, 0.3) is 0 Å². The summed E-state index contributed by atoms with van der Waals surface area (Å²) in [5, 5.41) is 5.40. The van der Waals surface area contributed by atoms with Crippen molar-refractivity contribution in [2.45, 2.75) is 6.54 Å². The molecule has 2 aromatic carbocycles. The molecule has 96 valence electrons. The molecule has 0 saturated carbocycles. The molecule has 2 nitrogen and oxygen atoms in total. The summed E-state index contributed by atoms with van der Waals surface area (Å²) in [6.07, 6.45) is 1.81. The molecule has 0 spiro atoms. The third-order valence-electron chi connectivity index (χ3n) is 2.93. The molecule has 0 fully saturated rings. The highest BCUT2D eigenvalue weighted by atomic mass is 127. The topological polar surface area (TPSA) is 17.8 Å². The lowest BCUT2D eigenvalue weighted by Gasteiger charge is -2.06. The van der Waals surface area contributed by atoms with E-state index in [1.165, 1.54) is 6.07 Å². The molecule has 3 aromatic rings. The van der Waals surface area contributed by atoms with Crippen molar-refractivity contribution in [2.24, 2.45) is 0 Å². The molecule has 1 aromatic heterocycles. The first-order valence-corrected chi connectivity index (χ1v) is 7.56. The van der Waals surface area contributed by atoms with E-state index < -0.39 is 0 Å². The van der Waals surface area contributed by atoms with E-state index in [2.05, 4.69) is 49.7 Å². The second-order valence-electron chi connectivity index (χ2n) is 4.24. The molecule has 0 radical (unpaired) electrons. The normalized spacial score (nSPS) is 11.1. The second-order valence-corrected chi connectivity index (χ2v) is 6.40. The zero-order valence-electron chi connectivity index (χ0n) is 9.78. The first-order valence-electron chi connectivity index (χ1n) is 5.68. The lowest BCUT2D eigenvalue weighted by molar-refractivity contribution is 0.590. The van der Waals surface area contributed by atoms with Crippen molar-refractivity contribution in [3.8, 4) is 0 Å². The van der Waals surface area contributed by atoms with E-state index in [0.717, 1.165) is 18.9 Å². The van der Waals surface area contributed by atoms with Crippen LogP contribution in [0.15, 0.2) is 47.1 Å². The second kappa shape index (κ2) is 5.20. The van der Waals surface area contributed by atoms with Crippen molar-refractivity contribution in [3.63, 3.8) is 0 Å². The molecule has 0 bridgehead atoms. The number of nitrogens with zero attached hydrogens (tertiary/aromatic N) is 2. The summed E-state index contributed by atoms with van der Waals surface area (Å²) < 4.78 is 17.6. The first-order chi connectivity index (χ1) is 9.13. The minimum Gasteiger partial charge on any atom is -0.260 e. The van der Waals surface area contributed by atoms with Crippen LogP contribution in [0.3, 0.4) is 0 Å². The number of aromatic nitrogens is 2. The average molecular weight is 431 g/mol. The van der Waals surface area contributed by atoms with Crippen LogP contribution in [0.2, 0.25) is 0 Å². The summed E-state index contributed by atoms with van der Waals surface area (Å²) in [7, 11) is 0. The number of hydrogen-bond donors (Lipinski definition) is 0. The Kier molecular flexibility index (Phi) is 3.58. The maximum atomic E-state index is 13.8. The molecule has 5 heteroatoms. The largest absolute Gasteiger partial charge is 0.260 e. The van der Waals surface area contributed by atoms with Crippen molar-refractivity contribution in [2.75, 3.05) is 0 Å². The van der Waals surface area contributed by atoms with Crippen LogP contribution < -0.4 is 0 Å². The lowest BCUT2D eigenvalue weighted by atomic mass is 10.2. The van der Waals surface area contributed by atoms with E-state index >= 15 is 0 Å². The monoisotopic (exact) mass is 430 g/mol. The van der Waals surface area contributed by atoms with E-state index in [4.69, 9.17) is 0 Å². The van der Waals surface area contributed by atoms with Gasteiger partial charge in [-0.25, -0.2) is 4.39 Å². The first kappa shape index (κ1) is 13.1. The van der Waals surface area contributed by atoms with Crippen molar-refractivity contribution in [1.29, 1.82) is 0 Å². The van der Waals surface area contributed by atoms with Gasteiger partial charge in [0.1, 0.15) is 5.82 Å². The van der Waals surface area contributed by atoms with E-state index in [0.29, 0.717) is 12.1 Å². The molecule has 0 unspecified atom stereocenters. The third kappa shape index (κ3) is 2.67. The van der Waals surface area contributed by atoms with Crippen LogP contribution in [0, 0.1) is 9.39 Å². The summed E-state index contributed by atoms with van der Waals surface area (Å²) in [6, 6.07) is 11.1. The molecule has 0 N–H and O–H groups in total. The molecule has 0 amide bonds. The Morgan fingerprint density at radius 2 is 2.05 bits per heavy atom. The van der Waals surface area contributed by atoms with Crippen LogP contribution in [0.4, 0.5) is 4.39 Å². The van der Waals surface area contributed by atoms with Gasteiger partial charge in [-0.2, -0.15) is 5.10 Å². The van der Waals surface area contributed by atoms with Crippen LogP contribution >= 0.6 is 38.5 Å². The van der Waals surface area contributed by atoms with E-state index in [9.17, 15) is 4.39 Å². The number of benzene rings is 2. The summed E-state index contributed by atoms with van der Waals surface area (Å²) in [6.45, 7) is 0.425. The van der Waals surface area contributed by atoms with Gasteiger partial charge in [-0.05, 0) is 52.9 Å². The van der Waals surface area contributed by atoms with Gasteiger partial charge in [0.15, 0.2) is 0 Å². The Morgan fingerprint density at radius 1 is 1.21 bits per heavy atom. The average Bonchev–Trinajstić information content (AvgIpc) is 2.77. The minimum absolute atomic E-state index is 0.211. The fourth-order valence-corrected chi connectivity index (χ4v) is 2.88. The van der Waals surface area contributed by atoms with Gasteiger partial charge in [0.05, 0.1) is 18.3 Å². The van der Waals surface area contributed by atoms with Gasteiger partial charge in [0, 0.05) is 19.0 Å². The predicted octanol–water partition coefficient (Wildman–Crippen LogP) is 4.59. The van der Waals surface area contributed by atoms with Gasteiger partial charge < -0.3 is 0 Å². The Balaban J connectivity index is 2.05. The van der Waals surface area contributed by atoms with Crippen molar-refractivity contribution in [1.82, 2.24) is 9.78 Å². The van der Waals surface area contributed by atoms with Crippen LogP contribution in [-0.4, -0.2) is 9.78 Å². The summed E-state index contributed by atoms with van der Waals surface area (Å²) in [4.78, 5) is 0. The van der Waals surface area contributed by atoms with E-state index in [-0.39, 0.29) is 5.82 Å². The Hall–Kier alpha value is -0.950. The molecule has 0 atom stereocenters. The minimum atomic E-state index is -0.211. The molecular formula is C14H9BrFIN2. The molecule has 0 aliphatic carbocycles. The molecular weight excluding hydrogens is 422 g/mol. The predicted molar refractivity (Wildman–Crippen MR) is 85.7 cm³/mol. The van der Waals surface area contributed by atoms with Gasteiger partial charge in [-0.15, -0.1) is 0 Å². The number of fused-ring (bicyclic) bond motifs is 1. The number of rotatable bonds is 2. The molecule has 19 heavy (non-hydrogen) atoms. The summed E-state index contributed by atoms with van der Waals surface area (Å²) in [5.41, 5.74) is 1.64. The SMILES string of the molecule is Fc1ccc(Br)cc1Cn1ncc2ccc(I)cc21. The fourth-order valence-electron chi connectivity index (χ4n) is 2.00. The number of halogens is 3. The zero-order valence-corrected chi connectivity index (χ0v) is 13.5. The van der Waals surface area contributed by atoms with Gasteiger partial charge >= 0.3 is 0 Å². The van der Waals surface area contributed by atoms with Crippen LogP contribution in [0.25, 0.3) is 10.9 Å². The lowest BCUT2D eigenvalue weighted by Crippen LogP contribution is -2.03. The Labute approximate surface area is 131 Å². The zero-order chi connectivity index (χ0) is 13.4. The maximum absolute atomic E-state index is 13.8. The molecule has 1 heterocycles. The Bertz CT molecular complexity index is 754. The van der Waals surface area contributed by atoms with Crippen molar-refractivity contribution >= 4 is 49.4 Å². The van der Waals surface area contributed by atoms with Crippen LogP contribution in [0.1, 0.15) is 5.56 Å². The molecule has 0 aliphatic heterocycles. The highest BCUT2D eigenvalue weighted by Crippen LogP contribution is 2.20. The molecule has 3 rings (SSSR count). The summed E-state index contributed by atoms with van der Waals surface area (Å²) in [5.74, 6) is -0.211. The fraction of sp³-hybridized carbons (Fsp3) is 0.0714. The molecule has 0 aliphatic rings. The Morgan fingerprint density at radius 3 is 2.89 bits per heavy atom. The molecule has 0 saturated heterocycles. The number of hydrogen-bond acceptors (Lipinski definition) is 1. The van der Waals surface area contributed by atoms with Gasteiger partial charge in [-0.3, -0.25) is 4.68 Å². The smallest absolute Gasteiger partial charge is 0.128 e. The van der Waals surface area contributed by atoms with E-state index in [1.54, 1.807) is 18.3 Å². The summed E-state index contributed by atoms with van der Waals surface area (Å²) >= 11 is 5.63. The highest BCUT2D eigenvalue weighted by Gasteiger charge is 2.08. The van der Waals surface area contributed by atoms with Crippen LogP contribution in [0.5, 0.6) is 0 Å². The maximum Gasteiger partial charge on any atom is 0.128 e. The third-order valence-corrected chi connectivity index (χ3v) is 4.10. The quantitative estimate of drug-likeness (QED) is 0.543. The van der Waals surface area contributed by atoms with Crippen LogP contribution in [-0.2, 0) is 6.54 Å². The van der Waals surface area contributed by atoms with Gasteiger partial charge in [-0.1, -0.05) is 22.0 Å². The van der Waals surface area contributed by atoms with E-state index in [1.807, 2.05) is 16.8 Å².